The van der Waals surface area contributed by atoms with Gasteiger partial charge in [-0.2, -0.15) is 10.4 Å². The minimum absolute atomic E-state index is 0.382. The second-order valence-electron chi connectivity index (χ2n) is 6.75. The smallest absolute Gasteiger partial charge is 0.209 e. The predicted molar refractivity (Wildman–Crippen MR) is 103 cm³/mol. The summed E-state index contributed by atoms with van der Waals surface area (Å²) in [5.41, 5.74) is 3.20. The lowest BCUT2D eigenvalue weighted by Crippen LogP contribution is -2.15. The first-order valence-electron chi connectivity index (χ1n) is 9.22. The number of hydrogen-bond donors (Lipinski definition) is 0. The van der Waals surface area contributed by atoms with E-state index in [0.29, 0.717) is 17.4 Å². The van der Waals surface area contributed by atoms with Crippen LogP contribution in [0.3, 0.4) is 0 Å². The maximum absolute atomic E-state index is 9.62. The molecule has 1 aliphatic carbocycles. The lowest BCUT2D eigenvalue weighted by molar-refractivity contribution is 0.307. The average molecular weight is 379 g/mol. The largest absolute Gasteiger partial charge is 0.235 e. The summed E-state index contributed by atoms with van der Waals surface area (Å²) >= 11 is 1.57. The summed E-state index contributed by atoms with van der Waals surface area (Å²) in [6.45, 7) is 1.87. The van der Waals surface area contributed by atoms with Crippen molar-refractivity contribution in [3.05, 3.63) is 47.3 Å². The van der Waals surface area contributed by atoms with Gasteiger partial charge in [-0.15, -0.1) is 5.10 Å². The molecule has 0 saturated heterocycles. The third-order valence-corrected chi connectivity index (χ3v) is 5.93. The first-order valence-corrected chi connectivity index (χ1v) is 10.2. The van der Waals surface area contributed by atoms with Gasteiger partial charge in [-0.25, -0.2) is 9.36 Å². The molecule has 0 amide bonds. The van der Waals surface area contributed by atoms with E-state index >= 15 is 0 Å². The van der Waals surface area contributed by atoms with Crippen molar-refractivity contribution in [2.45, 2.75) is 56.0 Å². The van der Waals surface area contributed by atoms with Crippen molar-refractivity contribution >= 4 is 11.8 Å². The Hall–Kier alpha value is -2.66. The third kappa shape index (κ3) is 3.60. The first kappa shape index (κ1) is 17.7. The van der Waals surface area contributed by atoms with Gasteiger partial charge in [-0.1, -0.05) is 49.2 Å². The van der Waals surface area contributed by atoms with E-state index in [2.05, 4.69) is 26.7 Å². The van der Waals surface area contributed by atoms with E-state index in [1.165, 1.54) is 19.3 Å². The Morgan fingerprint density at radius 3 is 2.70 bits per heavy atom. The number of rotatable bonds is 5. The van der Waals surface area contributed by atoms with Crippen LogP contribution in [-0.4, -0.2) is 30.0 Å². The molecule has 0 radical (unpaired) electrons. The third-order valence-electron chi connectivity index (χ3n) is 4.99. The van der Waals surface area contributed by atoms with E-state index in [1.54, 1.807) is 11.8 Å². The Labute approximate surface area is 162 Å². The van der Waals surface area contributed by atoms with E-state index in [9.17, 15) is 5.26 Å². The molecule has 2 aromatic heterocycles. The molecule has 138 valence electrons. The molecule has 1 aromatic carbocycles. The molecule has 2 heterocycles. The summed E-state index contributed by atoms with van der Waals surface area (Å²) in [7, 11) is 0. The van der Waals surface area contributed by atoms with Gasteiger partial charge in [0.25, 0.3) is 0 Å². The number of aryl methyl sites for hydroxylation is 1. The number of thioether (sulfide) groups is 1. The predicted octanol–water partition coefficient (Wildman–Crippen LogP) is 3.84. The molecule has 0 unspecified atom stereocenters. The van der Waals surface area contributed by atoms with Crippen LogP contribution in [0.25, 0.3) is 5.69 Å². The molecular weight excluding hydrogens is 358 g/mol. The molecule has 0 aliphatic heterocycles. The summed E-state index contributed by atoms with van der Waals surface area (Å²) < 4.78 is 3.82. The summed E-state index contributed by atoms with van der Waals surface area (Å²) in [4.78, 5) is 0. The average Bonchev–Trinajstić information content (AvgIpc) is 3.31. The molecule has 4 rings (SSSR count). The van der Waals surface area contributed by atoms with Gasteiger partial charge < -0.3 is 0 Å². The van der Waals surface area contributed by atoms with Crippen molar-refractivity contribution in [1.82, 2.24) is 30.0 Å². The highest BCUT2D eigenvalue weighted by Crippen LogP contribution is 2.32. The fourth-order valence-electron chi connectivity index (χ4n) is 3.60. The van der Waals surface area contributed by atoms with E-state index in [0.717, 1.165) is 35.1 Å². The zero-order valence-electron chi connectivity index (χ0n) is 15.2. The molecule has 0 N–H and O–H groups in total. The number of benzene rings is 1. The van der Waals surface area contributed by atoms with Gasteiger partial charge in [0.05, 0.1) is 28.7 Å². The zero-order valence-corrected chi connectivity index (χ0v) is 16.1. The van der Waals surface area contributed by atoms with Gasteiger partial charge in [-0.3, -0.25) is 0 Å². The number of aromatic nitrogens is 6. The highest BCUT2D eigenvalue weighted by molar-refractivity contribution is 7.98. The highest BCUT2D eigenvalue weighted by atomic mass is 32.2. The topological polar surface area (TPSA) is 85.2 Å². The van der Waals surface area contributed by atoms with E-state index in [4.69, 9.17) is 0 Å². The minimum atomic E-state index is 0.382. The maximum atomic E-state index is 9.62. The van der Waals surface area contributed by atoms with Crippen LogP contribution in [-0.2, 0) is 5.75 Å². The summed E-state index contributed by atoms with van der Waals surface area (Å²) in [6.07, 6.45) is 6.01. The Balaban J connectivity index is 1.61. The molecule has 1 aliphatic rings. The molecule has 3 aromatic rings. The van der Waals surface area contributed by atoms with Gasteiger partial charge in [0.2, 0.25) is 5.16 Å². The molecule has 0 atom stereocenters. The molecule has 8 heteroatoms. The highest BCUT2D eigenvalue weighted by Gasteiger charge is 2.22. The van der Waals surface area contributed by atoms with Crippen molar-refractivity contribution in [2.24, 2.45) is 0 Å². The second-order valence-corrected chi connectivity index (χ2v) is 7.70. The van der Waals surface area contributed by atoms with Crippen LogP contribution < -0.4 is 0 Å². The van der Waals surface area contributed by atoms with E-state index in [1.807, 2.05) is 46.6 Å². The van der Waals surface area contributed by atoms with E-state index in [-0.39, 0.29) is 0 Å². The summed E-state index contributed by atoms with van der Waals surface area (Å²) in [5.74, 6) is 0.589. The molecule has 7 nitrogen and oxygen atoms in total. The Morgan fingerprint density at radius 1 is 1.19 bits per heavy atom. The summed E-state index contributed by atoms with van der Waals surface area (Å²) in [5, 5.41) is 27.4. The van der Waals surface area contributed by atoms with Gasteiger partial charge in [0.15, 0.2) is 0 Å². The normalized spacial score (nSPS) is 15.0. The lowest BCUT2D eigenvalue weighted by Gasteiger charge is -2.22. The van der Waals surface area contributed by atoms with Crippen LogP contribution in [0.4, 0.5) is 0 Å². The fourth-order valence-corrected chi connectivity index (χ4v) is 4.55. The van der Waals surface area contributed by atoms with Crippen molar-refractivity contribution in [1.29, 1.82) is 5.26 Å². The van der Waals surface area contributed by atoms with Gasteiger partial charge in [-0.05, 0) is 42.3 Å². The Morgan fingerprint density at radius 2 is 1.96 bits per heavy atom. The number of hydrogen-bond acceptors (Lipinski definition) is 6. The Bertz CT molecular complexity index is 948. The summed E-state index contributed by atoms with van der Waals surface area (Å²) in [6, 6.07) is 12.6. The van der Waals surface area contributed by atoms with Crippen LogP contribution in [0.5, 0.6) is 0 Å². The van der Waals surface area contributed by atoms with Gasteiger partial charge in [0.1, 0.15) is 6.07 Å². The van der Waals surface area contributed by atoms with Crippen molar-refractivity contribution in [2.75, 3.05) is 0 Å². The SMILES string of the molecule is Cc1nn(-c2ccccc2)c(CSc2nnnn2C2CCCCC2)c1C#N. The zero-order chi connectivity index (χ0) is 18.6. The first-order chi connectivity index (χ1) is 13.3. The molecule has 1 saturated carbocycles. The number of tetrazole rings is 1. The fraction of sp³-hybridized carbons (Fsp3) is 0.421. The molecule has 0 spiro atoms. The molecular formula is C19H21N7S. The Kier molecular flexibility index (Phi) is 5.21. The van der Waals surface area contributed by atoms with Crippen molar-refractivity contribution in [3.63, 3.8) is 0 Å². The van der Waals surface area contributed by atoms with Crippen LogP contribution in [0.2, 0.25) is 0 Å². The number of para-hydroxylation sites is 1. The molecule has 1 fully saturated rings. The minimum Gasteiger partial charge on any atom is -0.235 e. The number of nitriles is 1. The van der Waals surface area contributed by atoms with Crippen molar-refractivity contribution in [3.8, 4) is 11.8 Å². The van der Waals surface area contributed by atoms with Crippen LogP contribution in [0.15, 0.2) is 35.5 Å². The number of nitrogens with zero attached hydrogens (tertiary/aromatic N) is 7. The van der Waals surface area contributed by atoms with Crippen molar-refractivity contribution < 1.29 is 0 Å². The van der Waals surface area contributed by atoms with Crippen LogP contribution in [0.1, 0.15) is 55.1 Å². The maximum Gasteiger partial charge on any atom is 0.209 e. The second kappa shape index (κ2) is 7.92. The quantitative estimate of drug-likeness (QED) is 0.626. The van der Waals surface area contributed by atoms with E-state index < -0.39 is 0 Å². The molecule has 27 heavy (non-hydrogen) atoms. The monoisotopic (exact) mass is 379 g/mol. The standard InChI is InChI=1S/C19H21N7S/c1-14-17(12-20)18(25(22-14)15-8-4-2-5-9-15)13-27-19-21-23-24-26(19)16-10-6-3-7-11-16/h2,4-5,8-9,16H,3,6-7,10-11,13H2,1H3. The van der Waals surface area contributed by atoms with Gasteiger partial charge >= 0.3 is 0 Å². The van der Waals surface area contributed by atoms with Gasteiger partial charge in [0, 0.05) is 5.75 Å². The van der Waals surface area contributed by atoms with Crippen LogP contribution in [0, 0.1) is 18.3 Å². The van der Waals surface area contributed by atoms with Crippen LogP contribution >= 0.6 is 11.8 Å². The lowest BCUT2D eigenvalue weighted by atomic mass is 9.96. The molecule has 0 bridgehead atoms.